The Labute approximate surface area is 66.5 Å². The second-order valence-electron chi connectivity index (χ2n) is 2.37. The van der Waals surface area contributed by atoms with E-state index in [1.165, 1.54) is 6.08 Å². The molecule has 1 amide bonds. The molecule has 11 heavy (non-hydrogen) atoms. The third-order valence-electron chi connectivity index (χ3n) is 1.13. The average Bonchev–Trinajstić information content (AvgIpc) is 2.00. The van der Waals surface area contributed by atoms with Gasteiger partial charge in [-0.05, 0) is 19.4 Å². The van der Waals surface area contributed by atoms with Crippen molar-refractivity contribution in [2.75, 3.05) is 6.67 Å². The number of rotatable bonds is 4. The minimum atomic E-state index is -0.522. The molecule has 2 nitrogen and oxygen atoms in total. The van der Waals surface area contributed by atoms with Gasteiger partial charge >= 0.3 is 0 Å². The van der Waals surface area contributed by atoms with Crippen molar-refractivity contribution in [3.05, 3.63) is 12.2 Å². The predicted octanol–water partition coefficient (Wildman–Crippen LogP) is 1.43. The number of carbonyl (C=O) groups is 1. The number of hydrogen-bond donors (Lipinski definition) is 1. The summed E-state index contributed by atoms with van der Waals surface area (Å²) in [5.74, 6) is -0.225. The summed E-state index contributed by atoms with van der Waals surface area (Å²) < 4.78 is 11.8. The highest BCUT2D eigenvalue weighted by Crippen LogP contribution is 1.84. The molecule has 0 aliphatic carbocycles. The van der Waals surface area contributed by atoms with Gasteiger partial charge in [-0.3, -0.25) is 4.79 Å². The van der Waals surface area contributed by atoms with Crippen LogP contribution in [0.4, 0.5) is 4.39 Å². The van der Waals surface area contributed by atoms with E-state index in [4.69, 9.17) is 0 Å². The van der Waals surface area contributed by atoms with E-state index in [1.54, 1.807) is 13.0 Å². The lowest BCUT2D eigenvalue weighted by molar-refractivity contribution is -0.117. The molecule has 0 bridgehead atoms. The quantitative estimate of drug-likeness (QED) is 0.618. The third kappa shape index (κ3) is 5.58. The highest BCUT2D eigenvalue weighted by atomic mass is 19.1. The van der Waals surface area contributed by atoms with Gasteiger partial charge in [0, 0.05) is 0 Å². The molecule has 0 radical (unpaired) electrons. The number of hydrogen-bond acceptors (Lipinski definition) is 1. The molecule has 0 aliphatic heterocycles. The van der Waals surface area contributed by atoms with Crippen LogP contribution in [0, 0.1) is 0 Å². The molecule has 0 spiro atoms. The number of nitrogens with one attached hydrogen (secondary N) is 1. The van der Waals surface area contributed by atoms with Crippen LogP contribution in [-0.2, 0) is 4.79 Å². The Morgan fingerprint density at radius 2 is 2.36 bits per heavy atom. The number of halogens is 1. The van der Waals surface area contributed by atoms with E-state index in [0.717, 1.165) is 6.42 Å². The molecule has 0 saturated carbocycles. The van der Waals surface area contributed by atoms with Crippen LogP contribution in [0.2, 0.25) is 0 Å². The fourth-order valence-corrected chi connectivity index (χ4v) is 0.554. The van der Waals surface area contributed by atoms with Crippen LogP contribution < -0.4 is 5.32 Å². The molecule has 1 unspecified atom stereocenters. The number of alkyl halides is 1. The Bertz CT molecular complexity index is 145. The Kier molecular flexibility index (Phi) is 5.43. The van der Waals surface area contributed by atoms with Crippen LogP contribution in [0.5, 0.6) is 0 Å². The molecule has 64 valence electrons. The zero-order chi connectivity index (χ0) is 8.69. The van der Waals surface area contributed by atoms with Crippen LogP contribution in [-0.4, -0.2) is 18.6 Å². The first kappa shape index (κ1) is 10.1. The summed E-state index contributed by atoms with van der Waals surface area (Å²) in [5, 5.41) is 2.46. The van der Waals surface area contributed by atoms with Gasteiger partial charge in [0.2, 0.25) is 5.91 Å². The van der Waals surface area contributed by atoms with Crippen LogP contribution in [0.25, 0.3) is 0 Å². The normalized spacial score (nSPS) is 13.4. The second-order valence-corrected chi connectivity index (χ2v) is 2.37. The summed E-state index contributed by atoms with van der Waals surface area (Å²) in [6.07, 6.45) is 3.98. The first-order chi connectivity index (χ1) is 5.20. The SMILES string of the molecule is CC/C=C/C(=O)NC(C)CF. The summed E-state index contributed by atoms with van der Waals surface area (Å²) in [6, 6.07) is -0.385. The van der Waals surface area contributed by atoms with Gasteiger partial charge in [0.15, 0.2) is 0 Å². The lowest BCUT2D eigenvalue weighted by Gasteiger charge is -2.06. The van der Waals surface area contributed by atoms with E-state index in [9.17, 15) is 9.18 Å². The standard InChI is InChI=1S/C8H14FNO/c1-3-4-5-8(11)10-7(2)6-9/h4-5,7H,3,6H2,1-2H3,(H,10,11)/b5-4+. The zero-order valence-corrected chi connectivity index (χ0v) is 6.93. The van der Waals surface area contributed by atoms with Gasteiger partial charge in [0.05, 0.1) is 6.04 Å². The molecule has 0 aliphatic rings. The van der Waals surface area contributed by atoms with Crippen molar-refractivity contribution in [2.24, 2.45) is 0 Å². The van der Waals surface area contributed by atoms with Gasteiger partial charge in [0.25, 0.3) is 0 Å². The first-order valence-electron chi connectivity index (χ1n) is 3.73. The van der Waals surface area contributed by atoms with Crippen molar-refractivity contribution < 1.29 is 9.18 Å². The molecule has 0 aromatic carbocycles. The Morgan fingerprint density at radius 1 is 1.73 bits per heavy atom. The lowest BCUT2D eigenvalue weighted by atomic mass is 10.3. The van der Waals surface area contributed by atoms with Crippen LogP contribution in [0.15, 0.2) is 12.2 Å². The molecular weight excluding hydrogens is 145 g/mol. The molecule has 0 aromatic rings. The maximum Gasteiger partial charge on any atom is 0.243 e. The number of amides is 1. The fraction of sp³-hybridized carbons (Fsp3) is 0.625. The Hall–Kier alpha value is -0.860. The van der Waals surface area contributed by atoms with Crippen LogP contribution in [0.3, 0.4) is 0 Å². The molecular formula is C8H14FNO. The second kappa shape index (κ2) is 5.89. The summed E-state index contributed by atoms with van der Waals surface area (Å²) in [4.78, 5) is 10.8. The molecule has 0 rings (SSSR count). The monoisotopic (exact) mass is 159 g/mol. The van der Waals surface area contributed by atoms with Crippen molar-refractivity contribution in [2.45, 2.75) is 26.3 Å². The van der Waals surface area contributed by atoms with Crippen LogP contribution in [0.1, 0.15) is 20.3 Å². The largest absolute Gasteiger partial charge is 0.347 e. The molecule has 0 aromatic heterocycles. The van der Waals surface area contributed by atoms with E-state index in [0.29, 0.717) is 0 Å². The Balaban J connectivity index is 3.60. The third-order valence-corrected chi connectivity index (χ3v) is 1.13. The highest BCUT2D eigenvalue weighted by Gasteiger charge is 2.01. The molecule has 1 N–H and O–H groups in total. The van der Waals surface area contributed by atoms with E-state index in [1.807, 2.05) is 6.92 Å². The topological polar surface area (TPSA) is 29.1 Å². The minimum absolute atomic E-state index is 0.225. The van der Waals surface area contributed by atoms with Crippen molar-refractivity contribution in [1.29, 1.82) is 0 Å². The van der Waals surface area contributed by atoms with Gasteiger partial charge in [-0.25, -0.2) is 4.39 Å². The van der Waals surface area contributed by atoms with Gasteiger partial charge in [0.1, 0.15) is 6.67 Å². The predicted molar refractivity (Wildman–Crippen MR) is 43.0 cm³/mol. The number of allylic oxidation sites excluding steroid dienone is 1. The highest BCUT2D eigenvalue weighted by molar-refractivity contribution is 5.87. The summed E-state index contributed by atoms with van der Waals surface area (Å²) in [5.41, 5.74) is 0. The summed E-state index contributed by atoms with van der Waals surface area (Å²) >= 11 is 0. The van der Waals surface area contributed by atoms with Gasteiger partial charge < -0.3 is 5.32 Å². The summed E-state index contributed by atoms with van der Waals surface area (Å²) in [7, 11) is 0. The first-order valence-corrected chi connectivity index (χ1v) is 3.73. The maximum atomic E-state index is 11.8. The lowest BCUT2D eigenvalue weighted by Crippen LogP contribution is -2.32. The smallest absolute Gasteiger partial charge is 0.243 e. The van der Waals surface area contributed by atoms with E-state index in [-0.39, 0.29) is 11.9 Å². The minimum Gasteiger partial charge on any atom is -0.347 e. The average molecular weight is 159 g/mol. The maximum absolute atomic E-state index is 11.8. The zero-order valence-electron chi connectivity index (χ0n) is 6.93. The summed E-state index contributed by atoms with van der Waals surface area (Å²) in [6.45, 7) is 3.03. The molecule has 1 atom stereocenters. The van der Waals surface area contributed by atoms with E-state index >= 15 is 0 Å². The van der Waals surface area contributed by atoms with Crippen molar-refractivity contribution in [3.63, 3.8) is 0 Å². The van der Waals surface area contributed by atoms with Crippen molar-refractivity contribution in [3.8, 4) is 0 Å². The van der Waals surface area contributed by atoms with Gasteiger partial charge in [-0.1, -0.05) is 13.0 Å². The van der Waals surface area contributed by atoms with Gasteiger partial charge in [-0.2, -0.15) is 0 Å². The van der Waals surface area contributed by atoms with E-state index in [2.05, 4.69) is 5.32 Å². The van der Waals surface area contributed by atoms with Crippen molar-refractivity contribution in [1.82, 2.24) is 5.32 Å². The molecule has 3 heteroatoms. The fourth-order valence-electron chi connectivity index (χ4n) is 0.554. The molecule has 0 saturated heterocycles. The van der Waals surface area contributed by atoms with Gasteiger partial charge in [-0.15, -0.1) is 0 Å². The number of carbonyl (C=O) groups excluding carboxylic acids is 1. The van der Waals surface area contributed by atoms with Crippen molar-refractivity contribution >= 4 is 5.91 Å². The molecule has 0 fully saturated rings. The van der Waals surface area contributed by atoms with E-state index < -0.39 is 6.67 Å². The molecule has 0 heterocycles. The van der Waals surface area contributed by atoms with Crippen LogP contribution >= 0.6 is 0 Å². The Morgan fingerprint density at radius 3 is 2.82 bits per heavy atom.